The van der Waals surface area contributed by atoms with Crippen LogP contribution in [0.5, 0.6) is 0 Å². The van der Waals surface area contributed by atoms with Gasteiger partial charge in [0.15, 0.2) is 5.69 Å². The molecule has 0 bridgehead atoms. The van der Waals surface area contributed by atoms with Gasteiger partial charge in [-0.25, -0.2) is 4.79 Å². The Hall–Kier alpha value is -3.14. The molecule has 0 aliphatic rings. The highest BCUT2D eigenvalue weighted by molar-refractivity contribution is 5.88. The van der Waals surface area contributed by atoms with Gasteiger partial charge < -0.3 is 9.30 Å². The van der Waals surface area contributed by atoms with Gasteiger partial charge in [-0.2, -0.15) is 15.2 Å². The average molecular weight is 309 g/mol. The lowest BCUT2D eigenvalue weighted by Gasteiger charge is -2.09. The number of carbonyl (C=O) groups is 1. The molecule has 0 aliphatic carbocycles. The molecule has 0 N–H and O–H groups in total. The lowest BCUT2D eigenvalue weighted by atomic mass is 10.1. The van der Waals surface area contributed by atoms with E-state index in [0.29, 0.717) is 11.3 Å². The predicted octanol–water partition coefficient (Wildman–Crippen LogP) is 2.46. The third-order valence-electron chi connectivity index (χ3n) is 3.61. The largest absolute Gasteiger partial charge is 0.464 e. The van der Waals surface area contributed by atoms with Gasteiger partial charge in [0.2, 0.25) is 0 Å². The van der Waals surface area contributed by atoms with Crippen LogP contribution in [0.15, 0.2) is 30.6 Å². The van der Waals surface area contributed by atoms with Gasteiger partial charge in [0.05, 0.1) is 24.6 Å². The Morgan fingerprint density at radius 3 is 2.83 bits per heavy atom. The second kappa shape index (κ2) is 5.57. The molecule has 0 aliphatic heterocycles. The molecule has 0 unspecified atom stereocenters. The van der Waals surface area contributed by atoms with E-state index in [1.807, 2.05) is 29.0 Å². The van der Waals surface area contributed by atoms with Crippen molar-refractivity contribution in [3.8, 4) is 11.8 Å². The molecular weight excluding hydrogens is 294 g/mol. The minimum Gasteiger partial charge on any atom is -0.464 e. The lowest BCUT2D eigenvalue weighted by molar-refractivity contribution is 0.0593. The van der Waals surface area contributed by atoms with E-state index in [4.69, 9.17) is 0 Å². The van der Waals surface area contributed by atoms with Gasteiger partial charge in [0.1, 0.15) is 6.07 Å². The third kappa shape index (κ3) is 2.44. The Bertz CT molecular complexity index is 930. The fraction of sp³-hybridized carbons (Fsp3) is 0.250. The maximum Gasteiger partial charge on any atom is 0.360 e. The van der Waals surface area contributed by atoms with Crippen molar-refractivity contribution in [3.05, 3.63) is 41.9 Å². The van der Waals surface area contributed by atoms with Gasteiger partial charge in [-0.15, -0.1) is 5.10 Å². The second-order valence-corrected chi connectivity index (χ2v) is 5.37. The molecule has 3 aromatic rings. The van der Waals surface area contributed by atoms with Crippen LogP contribution in [-0.2, 0) is 4.74 Å². The zero-order chi connectivity index (χ0) is 16.6. The van der Waals surface area contributed by atoms with Crippen LogP contribution in [0.4, 0.5) is 0 Å². The van der Waals surface area contributed by atoms with Crippen LogP contribution in [-0.4, -0.2) is 32.6 Å². The standard InChI is InChI=1S/C16H15N5O2/c1-10(2)20-9-11(7-17)13-6-12(4-5-15(13)20)21-18-8-14(19-21)16(22)23-3/h4-6,8-10H,1-3H3. The number of carbonyl (C=O) groups excluding carboxylic acids is 1. The second-order valence-electron chi connectivity index (χ2n) is 5.37. The summed E-state index contributed by atoms with van der Waals surface area (Å²) >= 11 is 0. The number of nitrogens with zero attached hydrogens (tertiary/aromatic N) is 5. The van der Waals surface area contributed by atoms with Crippen LogP contribution in [0.2, 0.25) is 0 Å². The summed E-state index contributed by atoms with van der Waals surface area (Å²) in [5.74, 6) is -0.541. The van der Waals surface area contributed by atoms with E-state index in [1.54, 1.807) is 0 Å². The minimum absolute atomic E-state index is 0.132. The van der Waals surface area contributed by atoms with Crippen LogP contribution >= 0.6 is 0 Å². The van der Waals surface area contributed by atoms with Crippen molar-refractivity contribution in [1.82, 2.24) is 19.6 Å². The third-order valence-corrected chi connectivity index (χ3v) is 3.61. The van der Waals surface area contributed by atoms with E-state index in [9.17, 15) is 10.1 Å². The number of rotatable bonds is 3. The number of esters is 1. The van der Waals surface area contributed by atoms with Gasteiger partial charge in [0.25, 0.3) is 0 Å². The molecule has 7 nitrogen and oxygen atoms in total. The zero-order valence-electron chi connectivity index (χ0n) is 13.0. The van der Waals surface area contributed by atoms with Crippen LogP contribution in [0, 0.1) is 11.3 Å². The first-order valence-corrected chi connectivity index (χ1v) is 7.11. The highest BCUT2D eigenvalue weighted by Crippen LogP contribution is 2.26. The van der Waals surface area contributed by atoms with Crippen molar-refractivity contribution < 1.29 is 9.53 Å². The first-order valence-electron chi connectivity index (χ1n) is 7.11. The Kier molecular flexibility index (Phi) is 3.58. The summed E-state index contributed by atoms with van der Waals surface area (Å²) in [5.41, 5.74) is 2.37. The summed E-state index contributed by atoms with van der Waals surface area (Å²) in [6.07, 6.45) is 3.19. The van der Waals surface area contributed by atoms with Crippen molar-refractivity contribution in [2.75, 3.05) is 7.11 Å². The molecular formula is C16H15N5O2. The number of methoxy groups -OCH3 is 1. The van der Waals surface area contributed by atoms with E-state index in [0.717, 1.165) is 10.9 Å². The maximum atomic E-state index is 11.5. The molecule has 0 saturated carbocycles. The van der Waals surface area contributed by atoms with Crippen molar-refractivity contribution in [2.45, 2.75) is 19.9 Å². The number of hydrogen-bond acceptors (Lipinski definition) is 5. The van der Waals surface area contributed by atoms with Crippen molar-refractivity contribution in [3.63, 3.8) is 0 Å². The van der Waals surface area contributed by atoms with Gasteiger partial charge in [-0.3, -0.25) is 0 Å². The monoisotopic (exact) mass is 309 g/mol. The van der Waals surface area contributed by atoms with E-state index in [1.165, 1.54) is 18.1 Å². The smallest absolute Gasteiger partial charge is 0.360 e. The summed E-state index contributed by atoms with van der Waals surface area (Å²) in [7, 11) is 1.29. The maximum absolute atomic E-state index is 11.5. The predicted molar refractivity (Wildman–Crippen MR) is 83.3 cm³/mol. The van der Waals surface area contributed by atoms with Gasteiger partial charge in [-0.1, -0.05) is 0 Å². The molecule has 2 heterocycles. The quantitative estimate of drug-likeness (QED) is 0.694. The summed E-state index contributed by atoms with van der Waals surface area (Å²) < 4.78 is 6.67. The molecule has 7 heteroatoms. The van der Waals surface area contributed by atoms with E-state index < -0.39 is 5.97 Å². The Labute approximate surface area is 132 Å². The summed E-state index contributed by atoms with van der Waals surface area (Å²) in [4.78, 5) is 12.8. The molecule has 23 heavy (non-hydrogen) atoms. The SMILES string of the molecule is COC(=O)c1cnn(-c2ccc3c(c2)c(C#N)cn3C(C)C)n1. The van der Waals surface area contributed by atoms with E-state index in [2.05, 4.69) is 34.9 Å². The van der Waals surface area contributed by atoms with Crippen molar-refractivity contribution in [1.29, 1.82) is 5.26 Å². The van der Waals surface area contributed by atoms with Gasteiger partial charge >= 0.3 is 5.97 Å². The number of ether oxygens (including phenoxy) is 1. The molecule has 0 spiro atoms. The molecule has 2 aromatic heterocycles. The van der Waals surface area contributed by atoms with Crippen molar-refractivity contribution in [2.24, 2.45) is 0 Å². The first kappa shape index (κ1) is 14.8. The molecule has 116 valence electrons. The topological polar surface area (TPSA) is 85.7 Å². The lowest BCUT2D eigenvalue weighted by Crippen LogP contribution is -2.04. The summed E-state index contributed by atoms with van der Waals surface area (Å²) in [6, 6.07) is 8.08. The van der Waals surface area contributed by atoms with Crippen LogP contribution in [0.1, 0.15) is 35.9 Å². The van der Waals surface area contributed by atoms with Crippen LogP contribution < -0.4 is 0 Å². The van der Waals surface area contributed by atoms with E-state index in [-0.39, 0.29) is 11.7 Å². The highest BCUT2D eigenvalue weighted by Gasteiger charge is 2.14. The molecule has 3 rings (SSSR count). The number of fused-ring (bicyclic) bond motifs is 1. The van der Waals surface area contributed by atoms with E-state index >= 15 is 0 Å². The highest BCUT2D eigenvalue weighted by atomic mass is 16.5. The molecule has 0 saturated heterocycles. The fourth-order valence-corrected chi connectivity index (χ4v) is 2.47. The number of nitriles is 1. The average Bonchev–Trinajstić information content (AvgIpc) is 3.18. The molecule has 1 aromatic carbocycles. The number of aromatic nitrogens is 4. The first-order chi connectivity index (χ1) is 11.0. The normalized spacial score (nSPS) is 10.9. The summed E-state index contributed by atoms with van der Waals surface area (Å²) in [6.45, 7) is 4.12. The Balaban J connectivity index is 2.12. The molecule has 0 amide bonds. The van der Waals surface area contributed by atoms with Gasteiger partial charge in [0, 0.05) is 23.1 Å². The van der Waals surface area contributed by atoms with Crippen molar-refractivity contribution >= 4 is 16.9 Å². The molecule has 0 radical (unpaired) electrons. The van der Waals surface area contributed by atoms with Crippen LogP contribution in [0.3, 0.4) is 0 Å². The molecule has 0 atom stereocenters. The Morgan fingerprint density at radius 1 is 1.39 bits per heavy atom. The molecule has 0 fully saturated rings. The summed E-state index contributed by atoms with van der Waals surface area (Å²) in [5, 5.41) is 18.3. The zero-order valence-corrected chi connectivity index (χ0v) is 13.0. The number of benzene rings is 1. The van der Waals surface area contributed by atoms with Gasteiger partial charge in [-0.05, 0) is 32.0 Å². The fourth-order valence-electron chi connectivity index (χ4n) is 2.47. The number of hydrogen-bond donors (Lipinski definition) is 0. The van der Waals surface area contributed by atoms with Crippen LogP contribution in [0.25, 0.3) is 16.6 Å². The Morgan fingerprint density at radius 2 is 2.17 bits per heavy atom. The minimum atomic E-state index is -0.541.